The van der Waals surface area contributed by atoms with Gasteiger partial charge in [0.2, 0.25) is 0 Å². The number of nitrogens with zero attached hydrogens (tertiary/aromatic N) is 1. The molecule has 0 aliphatic carbocycles. The average molecular weight is 183 g/mol. The first-order valence-corrected chi connectivity index (χ1v) is 3.86. The highest BCUT2D eigenvalue weighted by Gasteiger charge is 2.20. The van der Waals surface area contributed by atoms with Gasteiger partial charge >= 0.3 is 5.97 Å². The Hall–Kier alpha value is -1.58. The minimum Gasteiger partial charge on any atom is -0.480 e. The van der Waals surface area contributed by atoms with Gasteiger partial charge in [-0.2, -0.15) is 5.12 Å². The molecule has 1 aromatic rings. The molecule has 0 fully saturated rings. The molecule has 0 spiro atoms. The van der Waals surface area contributed by atoms with Gasteiger partial charge in [-0.05, 0) is 19.1 Å². The van der Waals surface area contributed by atoms with E-state index in [1.807, 2.05) is 0 Å². The van der Waals surface area contributed by atoms with Gasteiger partial charge in [0.25, 0.3) is 0 Å². The summed E-state index contributed by atoms with van der Waals surface area (Å²) in [5.74, 6) is -1.19. The number of rotatable bonds is 3. The van der Waals surface area contributed by atoms with Gasteiger partial charge in [-0.15, -0.1) is 0 Å². The molecule has 0 heterocycles. The summed E-state index contributed by atoms with van der Waals surface area (Å²) in [7, 11) is 0. The highest BCUT2D eigenvalue weighted by Crippen LogP contribution is 2.16. The van der Waals surface area contributed by atoms with Crippen LogP contribution in [0.25, 0.3) is 0 Å². The van der Waals surface area contributed by atoms with E-state index in [0.717, 1.165) is 0 Å². The molecule has 1 aromatic carbocycles. The Kier molecular flexibility index (Phi) is 2.84. The Morgan fingerprint density at radius 3 is 2.46 bits per heavy atom. The molecule has 1 atom stereocenters. The van der Waals surface area contributed by atoms with E-state index in [1.54, 1.807) is 18.2 Å². The third-order valence-electron chi connectivity index (χ3n) is 1.70. The summed E-state index contributed by atoms with van der Waals surface area (Å²) >= 11 is 0. The van der Waals surface area contributed by atoms with E-state index < -0.39 is 12.0 Å². The topological polar surface area (TPSA) is 40.5 Å². The number of benzene rings is 1. The molecule has 13 heavy (non-hydrogen) atoms. The maximum absolute atomic E-state index is 13.2. The molecular formula is C9H10FNO2. The van der Waals surface area contributed by atoms with Gasteiger partial charge in [0.1, 0.15) is 0 Å². The first kappa shape index (κ1) is 9.51. The first-order valence-electron chi connectivity index (χ1n) is 3.86. The number of carboxylic acid groups (broad SMARTS) is 1. The molecule has 1 N–H and O–H groups in total. The molecule has 70 valence electrons. The Morgan fingerprint density at radius 2 is 2.00 bits per heavy atom. The van der Waals surface area contributed by atoms with Gasteiger partial charge in [0.15, 0.2) is 6.04 Å². The Bertz CT molecular complexity index is 289. The second kappa shape index (κ2) is 3.89. The smallest absolute Gasteiger partial charge is 0.328 e. The van der Waals surface area contributed by atoms with Crippen molar-refractivity contribution in [2.45, 2.75) is 13.0 Å². The fourth-order valence-electron chi connectivity index (χ4n) is 0.891. The largest absolute Gasteiger partial charge is 0.480 e. The molecule has 1 rings (SSSR count). The molecule has 0 saturated heterocycles. The average Bonchev–Trinajstić information content (AvgIpc) is 2.17. The van der Waals surface area contributed by atoms with Crippen LogP contribution in [-0.4, -0.2) is 17.1 Å². The number of carbonyl (C=O) groups is 1. The number of carboxylic acids is 1. The summed E-state index contributed by atoms with van der Waals surface area (Å²) < 4.78 is 13.2. The van der Waals surface area contributed by atoms with Crippen molar-refractivity contribution in [1.29, 1.82) is 0 Å². The third-order valence-corrected chi connectivity index (χ3v) is 1.70. The van der Waals surface area contributed by atoms with Crippen LogP contribution in [0.4, 0.5) is 10.2 Å². The number of hydrogen-bond donors (Lipinski definition) is 1. The van der Waals surface area contributed by atoms with Crippen molar-refractivity contribution in [1.82, 2.24) is 0 Å². The molecule has 3 nitrogen and oxygen atoms in total. The zero-order chi connectivity index (χ0) is 9.84. The molecule has 0 saturated carbocycles. The molecule has 0 aromatic heterocycles. The van der Waals surface area contributed by atoms with Gasteiger partial charge in [-0.1, -0.05) is 22.7 Å². The first-order chi connectivity index (χ1) is 6.13. The van der Waals surface area contributed by atoms with E-state index in [4.69, 9.17) is 5.11 Å². The monoisotopic (exact) mass is 183 g/mol. The lowest BCUT2D eigenvalue weighted by atomic mass is 10.2. The van der Waals surface area contributed by atoms with E-state index in [9.17, 15) is 9.28 Å². The minimum atomic E-state index is -1.19. The second-order valence-corrected chi connectivity index (χ2v) is 2.66. The zero-order valence-electron chi connectivity index (χ0n) is 7.14. The van der Waals surface area contributed by atoms with Crippen LogP contribution in [0.2, 0.25) is 0 Å². The molecule has 0 aliphatic rings. The third kappa shape index (κ3) is 2.18. The molecule has 0 bridgehead atoms. The van der Waals surface area contributed by atoms with Gasteiger partial charge in [0.05, 0.1) is 5.69 Å². The summed E-state index contributed by atoms with van der Waals surface area (Å²) in [4.78, 5) is 10.4. The summed E-state index contributed by atoms with van der Waals surface area (Å²) in [5.41, 5.74) is 0.248. The van der Waals surface area contributed by atoms with Crippen LogP contribution in [0, 0.1) is 0 Å². The van der Waals surface area contributed by atoms with Gasteiger partial charge in [0, 0.05) is 0 Å². The van der Waals surface area contributed by atoms with Crippen molar-refractivity contribution >= 4 is 11.7 Å². The fourth-order valence-corrected chi connectivity index (χ4v) is 0.891. The Labute approximate surface area is 75.3 Å². The molecule has 0 radical (unpaired) electrons. The molecule has 4 heteroatoms. The molecular weight excluding hydrogens is 173 g/mol. The fraction of sp³-hybridized carbons (Fsp3) is 0.222. The predicted octanol–water partition coefficient (Wildman–Crippen LogP) is 1.85. The van der Waals surface area contributed by atoms with Crippen molar-refractivity contribution in [2.75, 3.05) is 5.12 Å². The zero-order valence-corrected chi connectivity index (χ0v) is 7.14. The van der Waals surface area contributed by atoms with Gasteiger partial charge < -0.3 is 5.11 Å². The van der Waals surface area contributed by atoms with E-state index in [0.29, 0.717) is 0 Å². The number of para-hydroxylation sites is 1. The number of anilines is 1. The second-order valence-electron chi connectivity index (χ2n) is 2.66. The van der Waals surface area contributed by atoms with Gasteiger partial charge in [-0.25, -0.2) is 4.79 Å². The van der Waals surface area contributed by atoms with Crippen LogP contribution >= 0.6 is 0 Å². The van der Waals surface area contributed by atoms with Crippen LogP contribution in [0.15, 0.2) is 30.3 Å². The Morgan fingerprint density at radius 1 is 1.46 bits per heavy atom. The van der Waals surface area contributed by atoms with Gasteiger partial charge in [-0.3, -0.25) is 0 Å². The molecule has 1 unspecified atom stereocenters. The molecule has 0 amide bonds. The van der Waals surface area contributed by atoms with Crippen molar-refractivity contribution in [2.24, 2.45) is 0 Å². The minimum absolute atomic E-state index is 0.225. The van der Waals surface area contributed by atoms with E-state index in [2.05, 4.69) is 0 Å². The SMILES string of the molecule is CC(C(=O)O)N(F)c1ccccc1. The van der Waals surface area contributed by atoms with Crippen molar-refractivity contribution in [3.05, 3.63) is 30.3 Å². The van der Waals surface area contributed by atoms with E-state index in [1.165, 1.54) is 19.1 Å². The van der Waals surface area contributed by atoms with E-state index >= 15 is 0 Å². The van der Waals surface area contributed by atoms with Crippen molar-refractivity contribution < 1.29 is 14.4 Å². The standard InChI is InChI=1S/C9H10FNO2/c1-7(9(12)13)11(10)8-5-3-2-4-6-8/h2-7H,1H3,(H,12,13). The summed E-state index contributed by atoms with van der Waals surface area (Å²) in [6.07, 6.45) is 0. The summed E-state index contributed by atoms with van der Waals surface area (Å²) in [6.45, 7) is 1.29. The predicted molar refractivity (Wildman–Crippen MR) is 47.1 cm³/mol. The van der Waals surface area contributed by atoms with Crippen molar-refractivity contribution in [3.8, 4) is 0 Å². The summed E-state index contributed by atoms with van der Waals surface area (Å²) in [5, 5.41) is 8.76. The van der Waals surface area contributed by atoms with Crippen LogP contribution in [-0.2, 0) is 4.79 Å². The molecule has 0 aliphatic heterocycles. The number of aliphatic carboxylic acids is 1. The lowest BCUT2D eigenvalue weighted by Gasteiger charge is -2.17. The highest BCUT2D eigenvalue weighted by molar-refractivity contribution is 5.76. The highest BCUT2D eigenvalue weighted by atomic mass is 19.2. The van der Waals surface area contributed by atoms with Crippen LogP contribution < -0.4 is 5.12 Å². The van der Waals surface area contributed by atoms with Crippen LogP contribution in [0.3, 0.4) is 0 Å². The van der Waals surface area contributed by atoms with Crippen molar-refractivity contribution in [3.63, 3.8) is 0 Å². The van der Waals surface area contributed by atoms with Crippen LogP contribution in [0.1, 0.15) is 6.92 Å². The summed E-state index contributed by atoms with van der Waals surface area (Å²) in [6, 6.07) is 6.90. The maximum Gasteiger partial charge on any atom is 0.328 e. The maximum atomic E-state index is 13.2. The Balaban J connectivity index is 2.79. The lowest BCUT2D eigenvalue weighted by molar-refractivity contribution is -0.138. The quantitative estimate of drug-likeness (QED) is 0.727. The number of hydrogen-bond acceptors (Lipinski definition) is 2. The van der Waals surface area contributed by atoms with E-state index in [-0.39, 0.29) is 10.8 Å². The normalized spacial score (nSPS) is 12.2. The lowest BCUT2D eigenvalue weighted by Crippen LogP contribution is -2.32. The van der Waals surface area contributed by atoms with Crippen LogP contribution in [0.5, 0.6) is 0 Å². The number of halogens is 1.